The molecule has 2 amide bonds. The molecular formula is C12H25N3O. The molecule has 94 valence electrons. The molecule has 1 fully saturated rings. The number of carbonyl (C=O) groups excluding carboxylic acids is 1. The third-order valence-electron chi connectivity index (χ3n) is 3.46. The van der Waals surface area contributed by atoms with Crippen LogP contribution in [0.4, 0.5) is 4.79 Å². The van der Waals surface area contributed by atoms with Crippen molar-refractivity contribution in [3.8, 4) is 0 Å². The van der Waals surface area contributed by atoms with Crippen molar-refractivity contribution >= 4 is 6.03 Å². The van der Waals surface area contributed by atoms with Crippen LogP contribution in [-0.4, -0.2) is 48.6 Å². The smallest absolute Gasteiger partial charge is 0.314 e. The average molecular weight is 227 g/mol. The van der Waals surface area contributed by atoms with Gasteiger partial charge in [0.2, 0.25) is 0 Å². The lowest BCUT2D eigenvalue weighted by molar-refractivity contribution is 0.135. The van der Waals surface area contributed by atoms with Crippen LogP contribution in [0.5, 0.6) is 0 Å². The molecule has 0 atom stereocenters. The quantitative estimate of drug-likeness (QED) is 0.791. The molecule has 1 aliphatic rings. The maximum absolute atomic E-state index is 11.0. The molecule has 1 saturated heterocycles. The van der Waals surface area contributed by atoms with Crippen LogP contribution in [0.25, 0.3) is 0 Å². The molecule has 0 aromatic rings. The minimum absolute atomic E-state index is 0.275. The Bertz CT molecular complexity index is 222. The molecule has 0 spiro atoms. The Morgan fingerprint density at radius 2 is 2.00 bits per heavy atom. The van der Waals surface area contributed by atoms with E-state index in [2.05, 4.69) is 25.8 Å². The monoisotopic (exact) mass is 227 g/mol. The van der Waals surface area contributed by atoms with Crippen molar-refractivity contribution in [1.29, 1.82) is 0 Å². The highest BCUT2D eigenvalue weighted by molar-refractivity contribution is 5.72. The highest BCUT2D eigenvalue weighted by Gasteiger charge is 2.23. The summed E-state index contributed by atoms with van der Waals surface area (Å²) >= 11 is 0. The second-order valence-corrected chi connectivity index (χ2v) is 5.22. The molecule has 0 aromatic heterocycles. The number of primary amides is 1. The Morgan fingerprint density at radius 3 is 2.44 bits per heavy atom. The lowest BCUT2D eigenvalue weighted by Gasteiger charge is -2.36. The Balaban J connectivity index is 2.27. The van der Waals surface area contributed by atoms with Gasteiger partial charge in [0.05, 0.1) is 0 Å². The second-order valence-electron chi connectivity index (χ2n) is 5.22. The number of rotatable bonds is 4. The first-order valence-electron chi connectivity index (χ1n) is 6.25. The zero-order valence-corrected chi connectivity index (χ0v) is 10.8. The van der Waals surface area contributed by atoms with Crippen LogP contribution in [-0.2, 0) is 0 Å². The van der Waals surface area contributed by atoms with Gasteiger partial charge < -0.3 is 15.5 Å². The van der Waals surface area contributed by atoms with Crippen LogP contribution in [0.2, 0.25) is 0 Å². The summed E-state index contributed by atoms with van der Waals surface area (Å²) in [6.07, 6.45) is 3.35. The summed E-state index contributed by atoms with van der Waals surface area (Å²) in [6, 6.07) is 0.345. The van der Waals surface area contributed by atoms with Gasteiger partial charge in [0.25, 0.3) is 0 Å². The van der Waals surface area contributed by atoms with E-state index >= 15 is 0 Å². The van der Waals surface area contributed by atoms with Crippen LogP contribution >= 0.6 is 0 Å². The highest BCUT2D eigenvalue weighted by Crippen LogP contribution is 2.16. The van der Waals surface area contributed by atoms with Crippen LogP contribution in [0.3, 0.4) is 0 Å². The third kappa shape index (κ3) is 4.00. The van der Waals surface area contributed by atoms with Crippen molar-refractivity contribution in [2.24, 2.45) is 11.7 Å². The number of amides is 2. The van der Waals surface area contributed by atoms with Gasteiger partial charge in [-0.2, -0.15) is 0 Å². The van der Waals surface area contributed by atoms with E-state index in [4.69, 9.17) is 5.73 Å². The fourth-order valence-electron chi connectivity index (χ4n) is 2.17. The molecule has 0 radical (unpaired) electrons. The number of nitrogens with zero attached hydrogens (tertiary/aromatic N) is 2. The molecule has 0 saturated carbocycles. The van der Waals surface area contributed by atoms with E-state index in [0.29, 0.717) is 6.04 Å². The molecule has 1 heterocycles. The standard InChI is InChI=1S/C12H25N3O/c1-10(2)4-7-14(3)11-5-8-15(9-6-11)12(13)16/h10-11H,4-9H2,1-3H3,(H2,13,16). The van der Waals surface area contributed by atoms with Crippen molar-refractivity contribution in [1.82, 2.24) is 9.80 Å². The summed E-state index contributed by atoms with van der Waals surface area (Å²) in [4.78, 5) is 15.2. The molecule has 1 rings (SSSR count). The number of nitrogens with two attached hydrogens (primary N) is 1. The lowest BCUT2D eigenvalue weighted by atomic mass is 10.0. The van der Waals surface area contributed by atoms with Gasteiger partial charge in [-0.15, -0.1) is 0 Å². The number of hydrogen-bond donors (Lipinski definition) is 1. The summed E-state index contributed by atoms with van der Waals surface area (Å²) in [5.41, 5.74) is 5.26. The molecular weight excluding hydrogens is 202 g/mol. The fourth-order valence-corrected chi connectivity index (χ4v) is 2.17. The maximum atomic E-state index is 11.0. The Labute approximate surface area is 98.8 Å². The van der Waals surface area contributed by atoms with Crippen LogP contribution < -0.4 is 5.73 Å². The molecule has 0 bridgehead atoms. The fraction of sp³-hybridized carbons (Fsp3) is 0.917. The van der Waals surface area contributed by atoms with Gasteiger partial charge in [-0.05, 0) is 38.8 Å². The van der Waals surface area contributed by atoms with Crippen molar-refractivity contribution in [2.75, 3.05) is 26.7 Å². The minimum atomic E-state index is -0.275. The first-order chi connectivity index (χ1) is 7.50. The average Bonchev–Trinajstić information content (AvgIpc) is 2.26. The minimum Gasteiger partial charge on any atom is -0.351 e. The Kier molecular flexibility index (Phi) is 5.06. The van der Waals surface area contributed by atoms with E-state index in [9.17, 15) is 4.79 Å². The van der Waals surface area contributed by atoms with Crippen molar-refractivity contribution in [2.45, 2.75) is 39.2 Å². The van der Waals surface area contributed by atoms with E-state index in [1.54, 1.807) is 4.90 Å². The summed E-state index contributed by atoms with van der Waals surface area (Å²) in [5, 5.41) is 0. The summed E-state index contributed by atoms with van der Waals surface area (Å²) in [6.45, 7) is 7.28. The van der Waals surface area contributed by atoms with Gasteiger partial charge in [-0.25, -0.2) is 4.79 Å². The molecule has 0 aromatic carbocycles. The SMILES string of the molecule is CC(C)CCN(C)C1CCN(C(N)=O)CC1. The second kappa shape index (κ2) is 6.09. The van der Waals surface area contributed by atoms with Crippen LogP contribution in [0, 0.1) is 5.92 Å². The normalized spacial score (nSPS) is 18.4. The van der Waals surface area contributed by atoms with E-state index in [1.165, 1.54) is 6.42 Å². The number of hydrogen-bond acceptors (Lipinski definition) is 2. The molecule has 2 N–H and O–H groups in total. The van der Waals surface area contributed by atoms with Crippen molar-refractivity contribution in [3.05, 3.63) is 0 Å². The molecule has 1 aliphatic heterocycles. The first-order valence-corrected chi connectivity index (χ1v) is 6.25. The predicted octanol–water partition coefficient (Wildman–Crippen LogP) is 1.51. The summed E-state index contributed by atoms with van der Waals surface area (Å²) in [7, 11) is 2.19. The van der Waals surface area contributed by atoms with E-state index in [-0.39, 0.29) is 6.03 Å². The number of piperidine rings is 1. The number of likely N-dealkylation sites (tertiary alicyclic amines) is 1. The first kappa shape index (κ1) is 13.3. The third-order valence-corrected chi connectivity index (χ3v) is 3.46. The van der Waals surface area contributed by atoms with Crippen molar-refractivity contribution in [3.63, 3.8) is 0 Å². The molecule has 0 aliphatic carbocycles. The maximum Gasteiger partial charge on any atom is 0.314 e. The number of urea groups is 1. The Morgan fingerprint density at radius 1 is 1.44 bits per heavy atom. The van der Waals surface area contributed by atoms with Crippen LogP contribution in [0.1, 0.15) is 33.1 Å². The van der Waals surface area contributed by atoms with Gasteiger partial charge >= 0.3 is 6.03 Å². The van der Waals surface area contributed by atoms with Gasteiger partial charge in [0, 0.05) is 19.1 Å². The summed E-state index contributed by atoms with van der Waals surface area (Å²) in [5.74, 6) is 0.758. The van der Waals surface area contributed by atoms with Gasteiger partial charge in [0.1, 0.15) is 0 Å². The van der Waals surface area contributed by atoms with E-state index < -0.39 is 0 Å². The van der Waals surface area contributed by atoms with Gasteiger partial charge in [-0.1, -0.05) is 13.8 Å². The largest absolute Gasteiger partial charge is 0.351 e. The molecule has 4 heteroatoms. The van der Waals surface area contributed by atoms with Crippen LogP contribution in [0.15, 0.2) is 0 Å². The number of carbonyl (C=O) groups is 1. The zero-order valence-electron chi connectivity index (χ0n) is 10.8. The topological polar surface area (TPSA) is 49.6 Å². The van der Waals surface area contributed by atoms with E-state index in [0.717, 1.165) is 38.4 Å². The predicted molar refractivity (Wildman–Crippen MR) is 66.3 cm³/mol. The lowest BCUT2D eigenvalue weighted by Crippen LogP contribution is -2.47. The molecule has 0 unspecified atom stereocenters. The molecule has 4 nitrogen and oxygen atoms in total. The van der Waals surface area contributed by atoms with E-state index in [1.807, 2.05) is 0 Å². The Hall–Kier alpha value is -0.770. The molecule has 16 heavy (non-hydrogen) atoms. The van der Waals surface area contributed by atoms with Crippen molar-refractivity contribution < 1.29 is 4.79 Å². The summed E-state index contributed by atoms with van der Waals surface area (Å²) < 4.78 is 0. The zero-order chi connectivity index (χ0) is 12.1. The van der Waals surface area contributed by atoms with Gasteiger partial charge in [0.15, 0.2) is 0 Å². The highest BCUT2D eigenvalue weighted by atomic mass is 16.2. The van der Waals surface area contributed by atoms with Gasteiger partial charge in [-0.3, -0.25) is 0 Å².